The van der Waals surface area contributed by atoms with Crippen molar-refractivity contribution in [3.63, 3.8) is 0 Å². The summed E-state index contributed by atoms with van der Waals surface area (Å²) in [6, 6.07) is 7.66. The molecule has 2 amide bonds. The molecular formula is C17H26N2O2. The van der Waals surface area contributed by atoms with Crippen LogP contribution in [0.15, 0.2) is 24.3 Å². The van der Waals surface area contributed by atoms with Gasteiger partial charge in [0.05, 0.1) is 0 Å². The highest BCUT2D eigenvalue weighted by molar-refractivity contribution is 6.10. The number of anilines is 1. The Bertz CT molecular complexity index is 495. The van der Waals surface area contributed by atoms with Crippen molar-refractivity contribution in [2.75, 3.05) is 11.9 Å². The van der Waals surface area contributed by atoms with Crippen LogP contribution < -0.4 is 10.6 Å². The van der Waals surface area contributed by atoms with E-state index in [2.05, 4.69) is 17.6 Å². The summed E-state index contributed by atoms with van der Waals surface area (Å²) in [4.78, 5) is 24.6. The Morgan fingerprint density at radius 2 is 1.76 bits per heavy atom. The molecule has 0 bridgehead atoms. The third kappa shape index (κ3) is 4.59. The molecule has 1 aromatic rings. The molecule has 1 rings (SSSR count). The first-order valence-electron chi connectivity index (χ1n) is 7.61. The van der Waals surface area contributed by atoms with Gasteiger partial charge in [0.25, 0.3) is 0 Å². The van der Waals surface area contributed by atoms with E-state index in [0.29, 0.717) is 6.54 Å². The predicted molar refractivity (Wildman–Crippen MR) is 86.1 cm³/mol. The van der Waals surface area contributed by atoms with Gasteiger partial charge in [-0.25, -0.2) is 0 Å². The molecule has 0 saturated heterocycles. The number of aryl methyl sites for hydroxylation is 1. The SMILES string of the molecule is CCCCNC(=O)C(C)(C)C(=O)Nc1ccccc1CC. The molecule has 4 nitrogen and oxygen atoms in total. The first-order valence-corrected chi connectivity index (χ1v) is 7.61. The average Bonchev–Trinajstić information content (AvgIpc) is 2.47. The summed E-state index contributed by atoms with van der Waals surface area (Å²) in [7, 11) is 0. The summed E-state index contributed by atoms with van der Waals surface area (Å²) in [6.45, 7) is 8.01. The summed E-state index contributed by atoms with van der Waals surface area (Å²) in [5.74, 6) is -0.514. The van der Waals surface area contributed by atoms with Crippen molar-refractivity contribution < 1.29 is 9.59 Å². The maximum absolute atomic E-state index is 12.4. The molecule has 0 fully saturated rings. The lowest BCUT2D eigenvalue weighted by atomic mass is 9.90. The monoisotopic (exact) mass is 290 g/mol. The van der Waals surface area contributed by atoms with E-state index in [0.717, 1.165) is 30.5 Å². The van der Waals surface area contributed by atoms with E-state index in [9.17, 15) is 9.59 Å². The molecule has 0 saturated carbocycles. The second kappa shape index (κ2) is 7.81. The number of hydrogen-bond acceptors (Lipinski definition) is 2. The standard InChI is InChI=1S/C17H26N2O2/c1-5-7-12-18-15(20)17(3,4)16(21)19-14-11-9-8-10-13(14)6-2/h8-11H,5-7,12H2,1-4H3,(H,18,20)(H,19,21). The van der Waals surface area contributed by atoms with E-state index in [1.54, 1.807) is 13.8 Å². The number of amides is 2. The quantitative estimate of drug-likeness (QED) is 0.599. The third-order valence-electron chi connectivity index (χ3n) is 3.60. The van der Waals surface area contributed by atoms with Crippen molar-refractivity contribution >= 4 is 17.5 Å². The van der Waals surface area contributed by atoms with Gasteiger partial charge >= 0.3 is 0 Å². The van der Waals surface area contributed by atoms with Gasteiger partial charge in [-0.1, -0.05) is 38.5 Å². The Hall–Kier alpha value is -1.84. The molecule has 0 aliphatic heterocycles. The first kappa shape index (κ1) is 17.2. The molecule has 0 aliphatic rings. The molecule has 1 aromatic carbocycles. The summed E-state index contributed by atoms with van der Waals surface area (Å²) in [5, 5.41) is 5.69. The van der Waals surface area contributed by atoms with E-state index in [1.165, 1.54) is 0 Å². The van der Waals surface area contributed by atoms with E-state index >= 15 is 0 Å². The van der Waals surface area contributed by atoms with E-state index in [4.69, 9.17) is 0 Å². The summed E-state index contributed by atoms with van der Waals surface area (Å²) >= 11 is 0. The van der Waals surface area contributed by atoms with Gasteiger partial charge in [0.1, 0.15) is 5.41 Å². The van der Waals surface area contributed by atoms with Crippen molar-refractivity contribution in [1.29, 1.82) is 0 Å². The van der Waals surface area contributed by atoms with Crippen LogP contribution >= 0.6 is 0 Å². The summed E-state index contributed by atoms with van der Waals surface area (Å²) < 4.78 is 0. The molecule has 0 spiro atoms. The summed E-state index contributed by atoms with van der Waals surface area (Å²) in [6.07, 6.45) is 2.76. The van der Waals surface area contributed by atoms with Crippen LogP contribution in [0.4, 0.5) is 5.69 Å². The van der Waals surface area contributed by atoms with Crippen molar-refractivity contribution in [2.24, 2.45) is 5.41 Å². The molecule has 0 radical (unpaired) electrons. The highest BCUT2D eigenvalue weighted by Crippen LogP contribution is 2.21. The number of carbonyl (C=O) groups excluding carboxylic acids is 2. The van der Waals surface area contributed by atoms with Gasteiger partial charge in [0.15, 0.2) is 0 Å². The van der Waals surface area contributed by atoms with Crippen LogP contribution in [0.3, 0.4) is 0 Å². The zero-order chi connectivity index (χ0) is 15.9. The zero-order valence-corrected chi connectivity index (χ0v) is 13.5. The zero-order valence-electron chi connectivity index (χ0n) is 13.5. The molecule has 4 heteroatoms. The molecule has 0 aliphatic carbocycles. The maximum Gasteiger partial charge on any atom is 0.239 e. The number of nitrogens with one attached hydrogen (secondary N) is 2. The molecule has 116 valence electrons. The van der Waals surface area contributed by atoms with Crippen molar-refractivity contribution in [3.05, 3.63) is 29.8 Å². The second-order valence-electron chi connectivity index (χ2n) is 5.70. The normalized spacial score (nSPS) is 11.0. The van der Waals surface area contributed by atoms with Crippen molar-refractivity contribution in [2.45, 2.75) is 47.0 Å². The summed E-state index contributed by atoms with van der Waals surface area (Å²) in [5.41, 5.74) is 0.752. The number of rotatable bonds is 7. The van der Waals surface area contributed by atoms with Gasteiger partial charge in [-0.2, -0.15) is 0 Å². The molecule has 0 unspecified atom stereocenters. The van der Waals surface area contributed by atoms with Gasteiger partial charge < -0.3 is 10.6 Å². The Morgan fingerprint density at radius 3 is 2.38 bits per heavy atom. The van der Waals surface area contributed by atoms with Crippen LogP contribution in [0.1, 0.15) is 46.1 Å². The Morgan fingerprint density at radius 1 is 1.10 bits per heavy atom. The van der Waals surface area contributed by atoms with Gasteiger partial charge in [0.2, 0.25) is 11.8 Å². The van der Waals surface area contributed by atoms with Gasteiger partial charge in [-0.3, -0.25) is 9.59 Å². The molecule has 0 aromatic heterocycles. The molecular weight excluding hydrogens is 264 g/mol. The number of hydrogen-bond donors (Lipinski definition) is 2. The Labute approximate surface area is 127 Å². The fourth-order valence-corrected chi connectivity index (χ4v) is 1.93. The van der Waals surface area contributed by atoms with Crippen LogP contribution in [0.2, 0.25) is 0 Å². The molecule has 2 N–H and O–H groups in total. The minimum absolute atomic E-state index is 0.234. The van der Waals surface area contributed by atoms with Crippen LogP contribution in [0.25, 0.3) is 0 Å². The Kier molecular flexibility index (Phi) is 6.40. The lowest BCUT2D eigenvalue weighted by Gasteiger charge is -2.23. The lowest BCUT2D eigenvalue weighted by Crippen LogP contribution is -2.45. The van der Waals surface area contributed by atoms with Crippen molar-refractivity contribution in [1.82, 2.24) is 5.32 Å². The maximum atomic E-state index is 12.4. The largest absolute Gasteiger partial charge is 0.355 e. The van der Waals surface area contributed by atoms with Crippen LogP contribution in [0, 0.1) is 5.41 Å². The average molecular weight is 290 g/mol. The third-order valence-corrected chi connectivity index (χ3v) is 3.60. The predicted octanol–water partition coefficient (Wildman–Crippen LogP) is 3.13. The second-order valence-corrected chi connectivity index (χ2v) is 5.70. The highest BCUT2D eigenvalue weighted by Gasteiger charge is 2.35. The minimum atomic E-state index is -1.09. The van der Waals surface area contributed by atoms with Crippen molar-refractivity contribution in [3.8, 4) is 0 Å². The van der Waals surface area contributed by atoms with Crippen LogP contribution in [-0.4, -0.2) is 18.4 Å². The van der Waals surface area contributed by atoms with Gasteiger partial charge in [0, 0.05) is 12.2 Å². The molecule has 0 atom stereocenters. The molecule has 21 heavy (non-hydrogen) atoms. The van der Waals surface area contributed by atoms with E-state index in [1.807, 2.05) is 31.2 Å². The fourth-order valence-electron chi connectivity index (χ4n) is 1.93. The number of carbonyl (C=O) groups is 2. The highest BCUT2D eigenvalue weighted by atomic mass is 16.2. The Balaban J connectivity index is 2.74. The molecule has 0 heterocycles. The fraction of sp³-hybridized carbons (Fsp3) is 0.529. The topological polar surface area (TPSA) is 58.2 Å². The first-order chi connectivity index (χ1) is 9.93. The van der Waals surface area contributed by atoms with Gasteiger partial charge in [-0.15, -0.1) is 0 Å². The number of unbranched alkanes of at least 4 members (excludes halogenated alkanes) is 1. The number of para-hydroxylation sites is 1. The van der Waals surface area contributed by atoms with Crippen LogP contribution in [-0.2, 0) is 16.0 Å². The van der Waals surface area contributed by atoms with Gasteiger partial charge in [-0.05, 0) is 38.3 Å². The number of benzene rings is 1. The van der Waals surface area contributed by atoms with Crippen LogP contribution in [0.5, 0.6) is 0 Å². The smallest absolute Gasteiger partial charge is 0.239 e. The van der Waals surface area contributed by atoms with E-state index in [-0.39, 0.29) is 11.8 Å². The minimum Gasteiger partial charge on any atom is -0.355 e. The van der Waals surface area contributed by atoms with E-state index < -0.39 is 5.41 Å². The lowest BCUT2D eigenvalue weighted by molar-refractivity contribution is -0.138.